The summed E-state index contributed by atoms with van der Waals surface area (Å²) >= 11 is 0. The number of fused-ring (bicyclic) bond motifs is 1. The van der Waals surface area contributed by atoms with Gasteiger partial charge < -0.3 is 23.8 Å². The Kier molecular flexibility index (Phi) is 8.93. The smallest absolute Gasteiger partial charge is 0.329 e. The van der Waals surface area contributed by atoms with Crippen molar-refractivity contribution in [2.24, 2.45) is 0 Å². The standard InChI is InChI=1S/C34H39NO6/c1-4-39-33(37)28-21-27-26(17-18-29(38-3)31(27)40-23-24-13-7-5-8-14-24)22-35(28)32(36)30(25-15-9-6-10-16-25)41-34(2)19-11-12-20-34/h5-10,13-18,28,30H,4,11-12,19-23H2,1-3H3. The normalized spacial score (nSPS) is 18.3. The molecule has 0 N–H and O–H groups in total. The largest absolute Gasteiger partial charge is 0.493 e. The van der Waals surface area contributed by atoms with E-state index in [0.29, 0.717) is 18.1 Å². The van der Waals surface area contributed by atoms with E-state index in [4.69, 9.17) is 18.9 Å². The highest BCUT2D eigenvalue weighted by atomic mass is 16.5. The van der Waals surface area contributed by atoms with Crippen LogP contribution in [0.15, 0.2) is 72.8 Å². The van der Waals surface area contributed by atoms with Gasteiger partial charge in [0.25, 0.3) is 5.91 Å². The molecule has 2 atom stereocenters. The maximum Gasteiger partial charge on any atom is 0.329 e. The number of carbonyl (C=O) groups excluding carboxylic acids is 2. The number of hydrogen-bond acceptors (Lipinski definition) is 6. The third-order valence-electron chi connectivity index (χ3n) is 8.11. The van der Waals surface area contributed by atoms with Gasteiger partial charge >= 0.3 is 5.97 Å². The zero-order valence-electron chi connectivity index (χ0n) is 24.1. The third-order valence-corrected chi connectivity index (χ3v) is 8.11. The van der Waals surface area contributed by atoms with Gasteiger partial charge in [-0.2, -0.15) is 0 Å². The van der Waals surface area contributed by atoms with Crippen molar-refractivity contribution in [1.82, 2.24) is 4.90 Å². The van der Waals surface area contributed by atoms with Gasteiger partial charge in [-0.3, -0.25) is 4.79 Å². The Morgan fingerprint density at radius 3 is 2.32 bits per heavy atom. The van der Waals surface area contributed by atoms with E-state index in [1.807, 2.05) is 72.8 Å². The van der Waals surface area contributed by atoms with Crippen LogP contribution in [0.3, 0.4) is 0 Å². The van der Waals surface area contributed by atoms with Crippen molar-refractivity contribution in [3.63, 3.8) is 0 Å². The van der Waals surface area contributed by atoms with Crippen molar-refractivity contribution < 1.29 is 28.5 Å². The van der Waals surface area contributed by atoms with Gasteiger partial charge in [0.1, 0.15) is 12.6 Å². The highest BCUT2D eigenvalue weighted by Gasteiger charge is 2.43. The van der Waals surface area contributed by atoms with Crippen LogP contribution in [0.1, 0.15) is 67.9 Å². The quantitative estimate of drug-likeness (QED) is 0.277. The third kappa shape index (κ3) is 6.41. The van der Waals surface area contributed by atoms with Gasteiger partial charge in [-0.05, 0) is 49.4 Å². The first-order chi connectivity index (χ1) is 19.9. The molecule has 0 aromatic heterocycles. The number of methoxy groups -OCH3 is 1. The molecule has 216 valence electrons. The van der Waals surface area contributed by atoms with Gasteiger partial charge in [-0.25, -0.2) is 4.79 Å². The van der Waals surface area contributed by atoms with Crippen molar-refractivity contribution in [3.05, 3.63) is 95.1 Å². The second kappa shape index (κ2) is 12.8. The minimum Gasteiger partial charge on any atom is -0.493 e. The first-order valence-electron chi connectivity index (χ1n) is 14.5. The lowest BCUT2D eigenvalue weighted by molar-refractivity contribution is -0.168. The Hall–Kier alpha value is -3.84. The van der Waals surface area contributed by atoms with E-state index in [2.05, 4.69) is 6.92 Å². The molecule has 1 amide bonds. The number of nitrogens with zero attached hydrogens (tertiary/aromatic N) is 1. The number of carbonyl (C=O) groups is 2. The summed E-state index contributed by atoms with van der Waals surface area (Å²) in [5.74, 6) is 0.490. The molecule has 1 heterocycles. The zero-order chi connectivity index (χ0) is 28.8. The Bertz CT molecular complexity index is 1340. The predicted octanol–water partition coefficient (Wildman–Crippen LogP) is 6.18. The van der Waals surface area contributed by atoms with Gasteiger partial charge in [0.2, 0.25) is 0 Å². The van der Waals surface area contributed by atoms with Crippen LogP contribution in [0.2, 0.25) is 0 Å². The predicted molar refractivity (Wildman–Crippen MR) is 156 cm³/mol. The van der Waals surface area contributed by atoms with Crippen LogP contribution in [0.5, 0.6) is 11.5 Å². The van der Waals surface area contributed by atoms with E-state index >= 15 is 0 Å². The second-order valence-corrected chi connectivity index (χ2v) is 11.0. The highest BCUT2D eigenvalue weighted by molar-refractivity contribution is 5.89. The van der Waals surface area contributed by atoms with E-state index in [9.17, 15) is 9.59 Å². The average Bonchev–Trinajstić information content (AvgIpc) is 3.44. The van der Waals surface area contributed by atoms with E-state index in [1.54, 1.807) is 18.9 Å². The Morgan fingerprint density at radius 2 is 1.66 bits per heavy atom. The van der Waals surface area contributed by atoms with Crippen molar-refractivity contribution in [1.29, 1.82) is 0 Å². The van der Waals surface area contributed by atoms with Gasteiger partial charge in [0.05, 0.1) is 19.3 Å². The molecule has 0 bridgehead atoms. The van der Waals surface area contributed by atoms with Gasteiger partial charge in [-0.15, -0.1) is 0 Å². The summed E-state index contributed by atoms with van der Waals surface area (Å²) in [7, 11) is 1.60. The molecule has 0 spiro atoms. The molecule has 5 rings (SSSR count). The fourth-order valence-electron chi connectivity index (χ4n) is 5.91. The van der Waals surface area contributed by atoms with Crippen LogP contribution in [-0.4, -0.2) is 42.1 Å². The molecule has 2 aliphatic rings. The summed E-state index contributed by atoms with van der Waals surface area (Å²) < 4.78 is 24.1. The molecule has 3 aromatic rings. The maximum absolute atomic E-state index is 14.4. The molecule has 1 fully saturated rings. The highest BCUT2D eigenvalue weighted by Crippen LogP contribution is 2.42. The SMILES string of the molecule is CCOC(=O)C1Cc2c(ccc(OC)c2OCc2ccccc2)CN1C(=O)C(OC1(C)CCCC1)c1ccccc1. The fraction of sp³-hybridized carbons (Fsp3) is 0.412. The molecule has 1 saturated carbocycles. The molecule has 1 aliphatic carbocycles. The van der Waals surface area contributed by atoms with Crippen LogP contribution >= 0.6 is 0 Å². The number of benzene rings is 3. The molecule has 7 nitrogen and oxygen atoms in total. The van der Waals surface area contributed by atoms with Gasteiger partial charge in [0.15, 0.2) is 17.6 Å². The number of esters is 1. The van der Waals surface area contributed by atoms with Gasteiger partial charge in [-0.1, -0.05) is 79.6 Å². The summed E-state index contributed by atoms with van der Waals surface area (Å²) in [6.45, 7) is 4.65. The maximum atomic E-state index is 14.4. The van der Waals surface area contributed by atoms with Crippen LogP contribution in [0.4, 0.5) is 0 Å². The topological polar surface area (TPSA) is 74.3 Å². The summed E-state index contributed by atoms with van der Waals surface area (Å²) in [4.78, 5) is 29.4. The van der Waals surface area contributed by atoms with Crippen LogP contribution in [0, 0.1) is 0 Å². The lowest BCUT2D eigenvalue weighted by atomic mass is 9.91. The Balaban J connectivity index is 1.50. The number of hydrogen-bond donors (Lipinski definition) is 0. The van der Waals surface area contributed by atoms with Crippen LogP contribution in [0.25, 0.3) is 0 Å². The van der Waals surface area contributed by atoms with E-state index in [-0.39, 0.29) is 25.5 Å². The minimum atomic E-state index is -0.829. The van der Waals surface area contributed by atoms with E-state index in [0.717, 1.165) is 47.9 Å². The van der Waals surface area contributed by atoms with Crippen molar-refractivity contribution >= 4 is 11.9 Å². The monoisotopic (exact) mass is 557 g/mol. The summed E-state index contributed by atoms with van der Waals surface area (Å²) in [6, 6.07) is 22.4. The molecule has 3 aromatic carbocycles. The average molecular weight is 558 g/mol. The van der Waals surface area contributed by atoms with Crippen molar-refractivity contribution in [2.45, 2.75) is 76.9 Å². The molecule has 0 saturated heterocycles. The summed E-state index contributed by atoms with van der Waals surface area (Å²) in [5, 5.41) is 0. The molecular formula is C34H39NO6. The first-order valence-corrected chi connectivity index (χ1v) is 14.5. The van der Waals surface area contributed by atoms with Crippen LogP contribution in [-0.2, 0) is 38.6 Å². The molecule has 7 heteroatoms. The van der Waals surface area contributed by atoms with Crippen molar-refractivity contribution in [2.75, 3.05) is 13.7 Å². The number of amides is 1. The van der Waals surface area contributed by atoms with Crippen LogP contribution < -0.4 is 9.47 Å². The van der Waals surface area contributed by atoms with E-state index < -0.39 is 23.7 Å². The van der Waals surface area contributed by atoms with Crippen molar-refractivity contribution in [3.8, 4) is 11.5 Å². The molecule has 2 unspecified atom stereocenters. The lowest BCUT2D eigenvalue weighted by Gasteiger charge is -2.39. The zero-order valence-corrected chi connectivity index (χ0v) is 24.1. The molecule has 0 radical (unpaired) electrons. The van der Waals surface area contributed by atoms with Gasteiger partial charge in [0, 0.05) is 18.5 Å². The Labute approximate surface area is 242 Å². The number of rotatable bonds is 10. The fourth-order valence-corrected chi connectivity index (χ4v) is 5.91. The summed E-state index contributed by atoms with van der Waals surface area (Å²) in [5.41, 5.74) is 3.16. The first kappa shape index (κ1) is 28.7. The summed E-state index contributed by atoms with van der Waals surface area (Å²) in [6.07, 6.45) is 3.36. The van der Waals surface area contributed by atoms with E-state index in [1.165, 1.54) is 0 Å². The minimum absolute atomic E-state index is 0.219. The molecular weight excluding hydrogens is 518 g/mol. The second-order valence-electron chi connectivity index (χ2n) is 11.0. The molecule has 41 heavy (non-hydrogen) atoms. The number of ether oxygens (including phenoxy) is 4. The molecule has 1 aliphatic heterocycles. The Morgan fingerprint density at radius 1 is 0.976 bits per heavy atom. The lowest BCUT2D eigenvalue weighted by Crippen LogP contribution is -2.52.